The van der Waals surface area contributed by atoms with Crippen LogP contribution in [0.15, 0.2) is 0 Å². The zero-order valence-corrected chi connectivity index (χ0v) is 10.4. The van der Waals surface area contributed by atoms with Gasteiger partial charge in [0.05, 0.1) is 0 Å². The van der Waals surface area contributed by atoms with Crippen LogP contribution in [0.5, 0.6) is 0 Å². The summed E-state index contributed by atoms with van der Waals surface area (Å²) in [7, 11) is 0. The van der Waals surface area contributed by atoms with Gasteiger partial charge in [0.15, 0.2) is 0 Å². The summed E-state index contributed by atoms with van der Waals surface area (Å²) < 4.78 is 77.5. The second-order valence-electron chi connectivity index (χ2n) is 4.61. The highest BCUT2D eigenvalue weighted by atomic mass is 19.4. The molecule has 1 rings (SSSR count). The van der Waals surface area contributed by atoms with Gasteiger partial charge >= 0.3 is 12.4 Å². The lowest BCUT2D eigenvalue weighted by atomic mass is 9.81. The number of alkyl halides is 6. The maximum absolute atomic E-state index is 12.9. The molecule has 0 saturated carbocycles. The normalized spacial score (nSPS) is 18.6. The third kappa shape index (κ3) is 2.67. The first-order chi connectivity index (χ1) is 8.58. The van der Waals surface area contributed by atoms with Crippen molar-refractivity contribution < 1.29 is 31.1 Å². The smallest absolute Gasteiger partial charge is 0.342 e. The van der Waals surface area contributed by atoms with Crippen LogP contribution >= 0.6 is 0 Å². The largest absolute Gasteiger partial charge is 0.412 e. The van der Waals surface area contributed by atoms with E-state index < -0.39 is 30.1 Å². The fourth-order valence-corrected chi connectivity index (χ4v) is 2.32. The fraction of sp³-hybridized carbons (Fsp3) is 0.909. The van der Waals surface area contributed by atoms with E-state index in [9.17, 15) is 31.1 Å². The zero-order chi connectivity index (χ0) is 14.9. The lowest BCUT2D eigenvalue weighted by Gasteiger charge is -2.40. The topological polar surface area (TPSA) is 20.3 Å². The summed E-state index contributed by atoms with van der Waals surface area (Å²) in [5.41, 5.74) is -4.28. The summed E-state index contributed by atoms with van der Waals surface area (Å²) in [4.78, 5) is 12.5. The molecule has 19 heavy (non-hydrogen) atoms. The molecule has 1 aliphatic heterocycles. The molecule has 0 aliphatic carbocycles. The van der Waals surface area contributed by atoms with E-state index in [1.807, 2.05) is 0 Å². The van der Waals surface area contributed by atoms with Crippen LogP contribution in [0.4, 0.5) is 26.3 Å². The van der Waals surface area contributed by atoms with Crippen molar-refractivity contribution in [3.05, 3.63) is 0 Å². The van der Waals surface area contributed by atoms with Crippen LogP contribution < -0.4 is 0 Å². The molecular weight excluding hydrogens is 276 g/mol. The van der Waals surface area contributed by atoms with Crippen molar-refractivity contribution in [2.24, 2.45) is 5.41 Å². The van der Waals surface area contributed by atoms with Crippen molar-refractivity contribution in [2.45, 2.75) is 45.0 Å². The Balaban J connectivity index is 3.19. The summed E-state index contributed by atoms with van der Waals surface area (Å²) in [6, 6.07) is 0. The molecule has 1 amide bonds. The molecule has 1 heterocycles. The molecule has 1 aliphatic rings. The fourth-order valence-electron chi connectivity index (χ4n) is 2.32. The SMILES string of the molecule is CCC(C(=O)N1CCCCC1)(C(F)(F)F)C(F)(F)F. The Hall–Kier alpha value is -0.950. The van der Waals surface area contributed by atoms with E-state index in [0.29, 0.717) is 24.2 Å². The Bertz CT molecular complexity index is 315. The molecule has 2 nitrogen and oxygen atoms in total. The Labute approximate surface area is 106 Å². The van der Waals surface area contributed by atoms with Crippen LogP contribution in [0.25, 0.3) is 0 Å². The third-order valence-electron chi connectivity index (χ3n) is 3.51. The van der Waals surface area contributed by atoms with E-state index in [2.05, 4.69) is 0 Å². The first-order valence-electron chi connectivity index (χ1n) is 6.00. The van der Waals surface area contributed by atoms with Gasteiger partial charge < -0.3 is 4.90 Å². The number of nitrogens with zero attached hydrogens (tertiary/aromatic N) is 1. The second kappa shape index (κ2) is 5.20. The van der Waals surface area contributed by atoms with Crippen molar-refractivity contribution in [1.29, 1.82) is 0 Å². The number of piperidine rings is 1. The number of likely N-dealkylation sites (tertiary alicyclic amines) is 1. The van der Waals surface area contributed by atoms with Gasteiger partial charge in [-0.25, -0.2) is 0 Å². The Morgan fingerprint density at radius 3 is 1.68 bits per heavy atom. The molecule has 1 saturated heterocycles. The van der Waals surface area contributed by atoms with E-state index in [1.54, 1.807) is 0 Å². The predicted molar refractivity (Wildman–Crippen MR) is 55.3 cm³/mol. The average molecular weight is 291 g/mol. The van der Waals surface area contributed by atoms with Gasteiger partial charge in [-0.1, -0.05) is 6.92 Å². The minimum Gasteiger partial charge on any atom is -0.342 e. The predicted octanol–water partition coefficient (Wildman–Crippen LogP) is 3.52. The van der Waals surface area contributed by atoms with E-state index in [-0.39, 0.29) is 13.1 Å². The Morgan fingerprint density at radius 2 is 1.37 bits per heavy atom. The van der Waals surface area contributed by atoms with Crippen molar-refractivity contribution in [2.75, 3.05) is 13.1 Å². The molecule has 0 aromatic carbocycles. The van der Waals surface area contributed by atoms with Gasteiger partial charge in [0, 0.05) is 13.1 Å². The molecule has 0 aromatic rings. The van der Waals surface area contributed by atoms with Crippen molar-refractivity contribution in [3.63, 3.8) is 0 Å². The molecular formula is C11H15F6NO. The van der Waals surface area contributed by atoms with Crippen molar-refractivity contribution in [1.82, 2.24) is 4.90 Å². The molecule has 8 heteroatoms. The molecule has 0 radical (unpaired) electrons. The molecule has 0 aromatic heterocycles. The third-order valence-corrected chi connectivity index (χ3v) is 3.51. The molecule has 1 fully saturated rings. The first kappa shape index (κ1) is 16.1. The minimum absolute atomic E-state index is 0.0489. The summed E-state index contributed by atoms with van der Waals surface area (Å²) >= 11 is 0. The van der Waals surface area contributed by atoms with E-state index >= 15 is 0 Å². The van der Waals surface area contributed by atoms with Gasteiger partial charge in [0.1, 0.15) is 0 Å². The van der Waals surface area contributed by atoms with E-state index in [4.69, 9.17) is 0 Å². The Kier molecular flexibility index (Phi) is 4.41. The maximum atomic E-state index is 12.9. The monoisotopic (exact) mass is 291 g/mol. The van der Waals surface area contributed by atoms with Gasteiger partial charge in [-0.2, -0.15) is 26.3 Å². The number of halogens is 6. The first-order valence-corrected chi connectivity index (χ1v) is 6.00. The highest BCUT2D eigenvalue weighted by Crippen LogP contribution is 2.53. The molecule has 0 bridgehead atoms. The minimum atomic E-state index is -5.64. The standard InChI is InChI=1S/C11H15F6NO/c1-2-9(10(12,13)14,11(15,16)17)8(19)18-6-4-3-5-7-18/h2-7H2,1H3. The molecule has 0 N–H and O–H groups in total. The molecule has 112 valence electrons. The summed E-state index contributed by atoms with van der Waals surface area (Å²) in [6.45, 7) is 0.641. The van der Waals surface area contributed by atoms with Gasteiger partial charge in [0.2, 0.25) is 11.3 Å². The van der Waals surface area contributed by atoms with Crippen LogP contribution in [-0.4, -0.2) is 36.2 Å². The van der Waals surface area contributed by atoms with Crippen LogP contribution in [0, 0.1) is 5.41 Å². The number of carbonyl (C=O) groups excluding carboxylic acids is 1. The zero-order valence-electron chi connectivity index (χ0n) is 10.4. The number of carbonyl (C=O) groups is 1. The average Bonchev–Trinajstić information content (AvgIpc) is 2.27. The van der Waals surface area contributed by atoms with Crippen LogP contribution in [-0.2, 0) is 4.79 Å². The maximum Gasteiger partial charge on any atom is 0.412 e. The number of rotatable bonds is 2. The van der Waals surface area contributed by atoms with Crippen LogP contribution in [0.3, 0.4) is 0 Å². The number of hydrogen-bond donors (Lipinski definition) is 0. The Morgan fingerprint density at radius 1 is 0.947 bits per heavy atom. The van der Waals surface area contributed by atoms with Gasteiger partial charge in [-0.3, -0.25) is 4.79 Å². The van der Waals surface area contributed by atoms with Crippen LogP contribution in [0.2, 0.25) is 0 Å². The molecule has 0 atom stereocenters. The number of amides is 1. The highest BCUT2D eigenvalue weighted by Gasteiger charge is 2.74. The van der Waals surface area contributed by atoms with Gasteiger partial charge in [-0.05, 0) is 25.7 Å². The lowest BCUT2D eigenvalue weighted by molar-refractivity contribution is -0.329. The number of hydrogen-bond acceptors (Lipinski definition) is 1. The summed E-state index contributed by atoms with van der Waals surface area (Å²) in [6.07, 6.45) is -11.1. The van der Waals surface area contributed by atoms with Gasteiger partial charge in [-0.15, -0.1) is 0 Å². The van der Waals surface area contributed by atoms with Crippen LogP contribution in [0.1, 0.15) is 32.6 Å². The molecule has 0 unspecified atom stereocenters. The summed E-state index contributed by atoms with van der Waals surface area (Å²) in [5.74, 6) is -1.87. The van der Waals surface area contributed by atoms with Crippen molar-refractivity contribution in [3.8, 4) is 0 Å². The quantitative estimate of drug-likeness (QED) is 0.713. The molecule has 0 spiro atoms. The van der Waals surface area contributed by atoms with E-state index in [1.165, 1.54) is 0 Å². The summed E-state index contributed by atoms with van der Waals surface area (Å²) in [5, 5.41) is 0. The lowest BCUT2D eigenvalue weighted by Crippen LogP contribution is -2.60. The van der Waals surface area contributed by atoms with Crippen molar-refractivity contribution >= 4 is 5.91 Å². The van der Waals surface area contributed by atoms with Gasteiger partial charge in [0.25, 0.3) is 0 Å². The van der Waals surface area contributed by atoms with E-state index in [0.717, 1.165) is 6.92 Å². The second-order valence-corrected chi connectivity index (χ2v) is 4.61. The highest BCUT2D eigenvalue weighted by molar-refractivity contribution is 5.84.